The zero-order valence-electron chi connectivity index (χ0n) is 14.1. The Morgan fingerprint density at radius 1 is 1.04 bits per heavy atom. The zero-order chi connectivity index (χ0) is 17.6. The molecule has 0 saturated carbocycles. The fraction of sp³-hybridized carbons (Fsp3) is 0.167. The third kappa shape index (κ3) is 2.53. The summed E-state index contributed by atoms with van der Waals surface area (Å²) in [6, 6.07) is 7.35. The molecule has 4 aromatic heterocycles. The Labute approximate surface area is 143 Å². The molecule has 0 bridgehead atoms. The van der Waals surface area contributed by atoms with E-state index in [1.807, 2.05) is 26.0 Å². The van der Waals surface area contributed by atoms with Gasteiger partial charge in [0.15, 0.2) is 23.0 Å². The van der Waals surface area contributed by atoms with Crippen LogP contribution in [0.3, 0.4) is 0 Å². The van der Waals surface area contributed by atoms with Crippen molar-refractivity contribution in [2.24, 2.45) is 0 Å². The first kappa shape index (κ1) is 15.3. The molecule has 0 aliphatic carbocycles. The highest BCUT2D eigenvalue weighted by Gasteiger charge is 2.17. The Morgan fingerprint density at radius 3 is 2.56 bits per heavy atom. The first-order valence-corrected chi connectivity index (χ1v) is 7.82. The van der Waals surface area contributed by atoms with Gasteiger partial charge >= 0.3 is 0 Å². The Balaban J connectivity index is 1.73. The molecule has 7 heteroatoms. The lowest BCUT2D eigenvalue weighted by Crippen LogP contribution is -2.07. The molecule has 0 radical (unpaired) electrons. The van der Waals surface area contributed by atoms with Crippen LogP contribution in [-0.4, -0.2) is 24.1 Å². The van der Waals surface area contributed by atoms with Crippen LogP contribution < -0.4 is 4.74 Å². The molecule has 0 aliphatic rings. The quantitative estimate of drug-likeness (QED) is 0.571. The maximum atomic E-state index is 14.9. The number of aromatic nitrogens is 5. The van der Waals surface area contributed by atoms with Gasteiger partial charge in [0.05, 0.1) is 6.20 Å². The lowest BCUT2D eigenvalue weighted by molar-refractivity contribution is 0.465. The van der Waals surface area contributed by atoms with E-state index in [1.54, 1.807) is 40.5 Å². The highest BCUT2D eigenvalue weighted by Crippen LogP contribution is 2.29. The standard InChI is InChI=1S/C18H16FN5O/c1-11-4-5-12(2)24(11)18-17(19)13(3)15(9-20-18)25-14-6-7-23-16(8-14)21-10-22-23/h4-10H,1-3H3. The summed E-state index contributed by atoms with van der Waals surface area (Å²) in [5.74, 6) is 0.791. The van der Waals surface area contributed by atoms with Gasteiger partial charge in [0, 0.05) is 29.2 Å². The number of rotatable bonds is 3. The number of fused-ring (bicyclic) bond motifs is 1. The van der Waals surface area contributed by atoms with Crippen molar-refractivity contribution in [3.63, 3.8) is 0 Å². The summed E-state index contributed by atoms with van der Waals surface area (Å²) in [6.07, 6.45) is 4.74. The van der Waals surface area contributed by atoms with Gasteiger partial charge < -0.3 is 9.30 Å². The summed E-state index contributed by atoms with van der Waals surface area (Å²) < 4.78 is 24.1. The van der Waals surface area contributed by atoms with E-state index in [1.165, 1.54) is 6.33 Å². The Kier molecular flexibility index (Phi) is 3.49. The fourth-order valence-corrected chi connectivity index (χ4v) is 2.80. The van der Waals surface area contributed by atoms with Gasteiger partial charge in [-0.2, -0.15) is 5.10 Å². The molecule has 4 aromatic rings. The summed E-state index contributed by atoms with van der Waals surface area (Å²) >= 11 is 0. The van der Waals surface area contributed by atoms with Crippen LogP contribution in [0.4, 0.5) is 4.39 Å². The van der Waals surface area contributed by atoms with Crippen molar-refractivity contribution in [2.45, 2.75) is 20.8 Å². The molecule has 4 rings (SSSR count). The number of aryl methyl sites for hydroxylation is 2. The lowest BCUT2D eigenvalue weighted by Gasteiger charge is -2.14. The monoisotopic (exact) mass is 337 g/mol. The number of halogens is 1. The summed E-state index contributed by atoms with van der Waals surface area (Å²) in [6.45, 7) is 5.52. The van der Waals surface area contributed by atoms with Crippen LogP contribution in [0.15, 0.2) is 43.0 Å². The maximum Gasteiger partial charge on any atom is 0.174 e. The minimum atomic E-state index is -0.400. The predicted octanol–water partition coefficient (Wildman–Crippen LogP) is 3.77. The molecular formula is C18H16FN5O. The van der Waals surface area contributed by atoms with Gasteiger partial charge in [-0.25, -0.2) is 18.9 Å². The van der Waals surface area contributed by atoms with Crippen molar-refractivity contribution in [3.05, 3.63) is 65.8 Å². The fourth-order valence-electron chi connectivity index (χ4n) is 2.80. The first-order valence-electron chi connectivity index (χ1n) is 7.82. The number of nitrogens with zero attached hydrogens (tertiary/aromatic N) is 5. The molecule has 0 N–H and O–H groups in total. The molecule has 126 valence electrons. The second kappa shape index (κ2) is 5.70. The molecule has 6 nitrogen and oxygen atoms in total. The van der Waals surface area contributed by atoms with Crippen LogP contribution >= 0.6 is 0 Å². The Bertz CT molecular complexity index is 1060. The van der Waals surface area contributed by atoms with Gasteiger partial charge in [-0.1, -0.05) is 0 Å². The van der Waals surface area contributed by atoms with Crippen LogP contribution in [0, 0.1) is 26.6 Å². The van der Waals surface area contributed by atoms with Gasteiger partial charge in [-0.05, 0) is 39.0 Å². The molecule has 0 aliphatic heterocycles. The molecular weight excluding hydrogens is 321 g/mol. The number of hydrogen-bond acceptors (Lipinski definition) is 4. The van der Waals surface area contributed by atoms with Crippen LogP contribution in [-0.2, 0) is 0 Å². The molecule has 0 saturated heterocycles. The van der Waals surface area contributed by atoms with E-state index >= 15 is 0 Å². The van der Waals surface area contributed by atoms with Crippen molar-refractivity contribution in [3.8, 4) is 17.3 Å². The van der Waals surface area contributed by atoms with E-state index < -0.39 is 5.82 Å². The maximum absolute atomic E-state index is 14.9. The minimum absolute atomic E-state index is 0.276. The molecule has 0 unspecified atom stereocenters. The molecule has 0 atom stereocenters. The van der Waals surface area contributed by atoms with Crippen LogP contribution in [0.25, 0.3) is 11.5 Å². The Hall–Kier alpha value is -3.22. The third-order valence-corrected chi connectivity index (χ3v) is 4.16. The molecule has 0 fully saturated rings. The lowest BCUT2D eigenvalue weighted by atomic mass is 10.2. The second-order valence-electron chi connectivity index (χ2n) is 5.86. The Morgan fingerprint density at radius 2 is 1.80 bits per heavy atom. The van der Waals surface area contributed by atoms with E-state index in [0.717, 1.165) is 11.4 Å². The van der Waals surface area contributed by atoms with Gasteiger partial charge in [-0.3, -0.25) is 0 Å². The molecule has 0 aromatic carbocycles. The molecule has 4 heterocycles. The van der Waals surface area contributed by atoms with Crippen LogP contribution in [0.5, 0.6) is 11.5 Å². The predicted molar refractivity (Wildman–Crippen MR) is 90.8 cm³/mol. The van der Waals surface area contributed by atoms with E-state index in [9.17, 15) is 4.39 Å². The zero-order valence-corrected chi connectivity index (χ0v) is 14.1. The molecule has 0 spiro atoms. The molecule has 0 amide bonds. The summed E-state index contributed by atoms with van der Waals surface area (Å²) in [5, 5.41) is 4.03. The highest BCUT2D eigenvalue weighted by atomic mass is 19.1. The van der Waals surface area contributed by atoms with Gasteiger partial charge in [-0.15, -0.1) is 0 Å². The number of hydrogen-bond donors (Lipinski definition) is 0. The normalized spacial score (nSPS) is 11.2. The second-order valence-corrected chi connectivity index (χ2v) is 5.86. The van der Waals surface area contributed by atoms with E-state index in [4.69, 9.17) is 4.74 Å². The average molecular weight is 337 g/mol. The first-order chi connectivity index (χ1) is 12.0. The topological polar surface area (TPSA) is 57.2 Å². The minimum Gasteiger partial charge on any atom is -0.455 e. The third-order valence-electron chi connectivity index (χ3n) is 4.16. The van der Waals surface area contributed by atoms with Crippen molar-refractivity contribution < 1.29 is 9.13 Å². The number of ether oxygens (including phenoxy) is 1. The number of pyridine rings is 2. The van der Waals surface area contributed by atoms with E-state index in [2.05, 4.69) is 15.1 Å². The molecule has 25 heavy (non-hydrogen) atoms. The highest BCUT2D eigenvalue weighted by molar-refractivity contribution is 5.47. The van der Waals surface area contributed by atoms with Crippen molar-refractivity contribution in [2.75, 3.05) is 0 Å². The van der Waals surface area contributed by atoms with Crippen molar-refractivity contribution >= 4 is 5.65 Å². The average Bonchev–Trinajstić information content (AvgIpc) is 3.19. The SMILES string of the molecule is Cc1c(Oc2ccn3ncnc3c2)cnc(-n2c(C)ccc2C)c1F. The van der Waals surface area contributed by atoms with Gasteiger partial charge in [0.25, 0.3) is 0 Å². The van der Waals surface area contributed by atoms with Crippen molar-refractivity contribution in [1.82, 2.24) is 24.1 Å². The smallest absolute Gasteiger partial charge is 0.174 e. The van der Waals surface area contributed by atoms with Crippen molar-refractivity contribution in [1.29, 1.82) is 0 Å². The summed E-state index contributed by atoms with van der Waals surface area (Å²) in [7, 11) is 0. The largest absolute Gasteiger partial charge is 0.455 e. The summed E-state index contributed by atoms with van der Waals surface area (Å²) in [4.78, 5) is 8.39. The summed E-state index contributed by atoms with van der Waals surface area (Å²) in [5.41, 5.74) is 2.90. The van der Waals surface area contributed by atoms with Gasteiger partial charge in [0.2, 0.25) is 0 Å². The van der Waals surface area contributed by atoms with E-state index in [0.29, 0.717) is 22.7 Å². The van der Waals surface area contributed by atoms with Crippen LogP contribution in [0.1, 0.15) is 17.0 Å². The van der Waals surface area contributed by atoms with E-state index in [-0.39, 0.29) is 5.82 Å². The van der Waals surface area contributed by atoms with Gasteiger partial charge in [0.1, 0.15) is 12.1 Å². The van der Waals surface area contributed by atoms with Crippen LogP contribution in [0.2, 0.25) is 0 Å².